The SMILES string of the molecule is CCOC(=O)Nc1ccc(SCc2ccc(F)c(F)c2)nc1N. The smallest absolute Gasteiger partial charge is 0.411 e. The van der Waals surface area contributed by atoms with Crippen LogP contribution in [-0.4, -0.2) is 17.7 Å². The lowest BCUT2D eigenvalue weighted by molar-refractivity contribution is 0.168. The highest BCUT2D eigenvalue weighted by atomic mass is 32.2. The van der Waals surface area contributed by atoms with Crippen molar-refractivity contribution in [2.75, 3.05) is 17.7 Å². The van der Waals surface area contributed by atoms with Crippen molar-refractivity contribution in [1.82, 2.24) is 4.98 Å². The fourth-order valence-corrected chi connectivity index (χ4v) is 2.53. The van der Waals surface area contributed by atoms with E-state index in [-0.39, 0.29) is 12.4 Å². The number of hydrogen-bond donors (Lipinski definition) is 2. The quantitative estimate of drug-likeness (QED) is 0.810. The third-order valence-corrected chi connectivity index (χ3v) is 3.78. The van der Waals surface area contributed by atoms with Gasteiger partial charge in [0, 0.05) is 5.75 Å². The van der Waals surface area contributed by atoms with Gasteiger partial charge in [-0.15, -0.1) is 11.8 Å². The van der Waals surface area contributed by atoms with E-state index in [2.05, 4.69) is 10.3 Å². The molecule has 1 aromatic heterocycles. The van der Waals surface area contributed by atoms with Gasteiger partial charge in [-0.25, -0.2) is 18.6 Å². The van der Waals surface area contributed by atoms with Gasteiger partial charge in [-0.3, -0.25) is 5.32 Å². The zero-order valence-electron chi connectivity index (χ0n) is 12.3. The Morgan fingerprint density at radius 2 is 2.09 bits per heavy atom. The average molecular weight is 339 g/mol. The summed E-state index contributed by atoms with van der Waals surface area (Å²) in [6, 6.07) is 7.00. The summed E-state index contributed by atoms with van der Waals surface area (Å²) in [5.41, 5.74) is 6.75. The van der Waals surface area contributed by atoms with Crippen LogP contribution in [0.15, 0.2) is 35.4 Å². The van der Waals surface area contributed by atoms with Crippen molar-refractivity contribution in [3.63, 3.8) is 0 Å². The number of carbonyl (C=O) groups excluding carboxylic acids is 1. The normalized spacial score (nSPS) is 10.4. The molecule has 1 heterocycles. The summed E-state index contributed by atoms with van der Waals surface area (Å²) in [5.74, 6) is -1.21. The minimum Gasteiger partial charge on any atom is -0.450 e. The van der Waals surface area contributed by atoms with E-state index in [0.29, 0.717) is 22.0 Å². The van der Waals surface area contributed by atoms with Gasteiger partial charge in [0.25, 0.3) is 0 Å². The Morgan fingerprint density at radius 1 is 1.30 bits per heavy atom. The lowest BCUT2D eigenvalue weighted by atomic mass is 10.2. The number of nitrogens with zero attached hydrogens (tertiary/aromatic N) is 1. The number of hydrogen-bond acceptors (Lipinski definition) is 5. The summed E-state index contributed by atoms with van der Waals surface area (Å²) in [6.45, 7) is 1.94. The number of amides is 1. The van der Waals surface area contributed by atoms with Gasteiger partial charge in [-0.05, 0) is 36.8 Å². The first-order valence-electron chi connectivity index (χ1n) is 6.76. The molecule has 2 rings (SSSR count). The van der Waals surface area contributed by atoms with Crippen LogP contribution in [0.4, 0.5) is 25.1 Å². The van der Waals surface area contributed by atoms with Crippen LogP contribution < -0.4 is 11.1 Å². The van der Waals surface area contributed by atoms with Crippen LogP contribution >= 0.6 is 11.8 Å². The molecule has 8 heteroatoms. The second-order valence-electron chi connectivity index (χ2n) is 4.46. The molecule has 0 aliphatic heterocycles. The molecule has 0 radical (unpaired) electrons. The summed E-state index contributed by atoms with van der Waals surface area (Å²) in [7, 11) is 0. The molecule has 2 aromatic rings. The Labute approximate surface area is 136 Å². The Bertz CT molecular complexity index is 713. The first-order chi connectivity index (χ1) is 11.0. The number of ether oxygens (including phenoxy) is 1. The molecule has 1 amide bonds. The topological polar surface area (TPSA) is 77.2 Å². The predicted octanol–water partition coefficient (Wildman–Crippen LogP) is 3.80. The molecule has 5 nitrogen and oxygen atoms in total. The highest BCUT2D eigenvalue weighted by Crippen LogP contribution is 2.26. The highest BCUT2D eigenvalue weighted by Gasteiger charge is 2.08. The van der Waals surface area contributed by atoms with E-state index in [9.17, 15) is 13.6 Å². The van der Waals surface area contributed by atoms with Crippen LogP contribution in [0, 0.1) is 11.6 Å². The second kappa shape index (κ2) is 7.77. The highest BCUT2D eigenvalue weighted by molar-refractivity contribution is 7.98. The predicted molar refractivity (Wildman–Crippen MR) is 85.2 cm³/mol. The van der Waals surface area contributed by atoms with Gasteiger partial charge in [0.2, 0.25) is 0 Å². The molecule has 0 saturated carbocycles. The number of halogens is 2. The Balaban J connectivity index is 1.99. The van der Waals surface area contributed by atoms with Crippen molar-refractivity contribution in [2.24, 2.45) is 0 Å². The van der Waals surface area contributed by atoms with Crippen molar-refractivity contribution in [1.29, 1.82) is 0 Å². The van der Waals surface area contributed by atoms with Crippen LogP contribution in [0.3, 0.4) is 0 Å². The Morgan fingerprint density at radius 3 is 2.74 bits per heavy atom. The molecule has 0 aliphatic carbocycles. The van der Waals surface area contributed by atoms with Gasteiger partial charge in [0.1, 0.15) is 5.82 Å². The fraction of sp³-hybridized carbons (Fsp3) is 0.200. The van der Waals surface area contributed by atoms with E-state index in [1.165, 1.54) is 17.8 Å². The third kappa shape index (κ3) is 4.82. The lowest BCUT2D eigenvalue weighted by Gasteiger charge is -2.09. The van der Waals surface area contributed by atoms with E-state index in [4.69, 9.17) is 10.5 Å². The van der Waals surface area contributed by atoms with E-state index >= 15 is 0 Å². The number of nitrogens with one attached hydrogen (secondary N) is 1. The minimum atomic E-state index is -0.885. The number of nitrogens with two attached hydrogens (primary N) is 1. The summed E-state index contributed by atoms with van der Waals surface area (Å²) < 4.78 is 30.7. The van der Waals surface area contributed by atoms with Gasteiger partial charge in [0.15, 0.2) is 11.6 Å². The first kappa shape index (κ1) is 17.0. The van der Waals surface area contributed by atoms with E-state index in [1.54, 1.807) is 19.1 Å². The van der Waals surface area contributed by atoms with E-state index in [0.717, 1.165) is 12.1 Å². The number of aromatic nitrogens is 1. The van der Waals surface area contributed by atoms with Crippen molar-refractivity contribution < 1.29 is 18.3 Å². The van der Waals surface area contributed by atoms with Gasteiger partial charge in [0.05, 0.1) is 17.3 Å². The van der Waals surface area contributed by atoms with E-state index in [1.807, 2.05) is 0 Å². The maximum absolute atomic E-state index is 13.1. The molecule has 0 spiro atoms. The first-order valence-corrected chi connectivity index (χ1v) is 7.75. The maximum atomic E-state index is 13.1. The summed E-state index contributed by atoms with van der Waals surface area (Å²) in [4.78, 5) is 15.5. The largest absolute Gasteiger partial charge is 0.450 e. The van der Waals surface area contributed by atoms with Crippen LogP contribution in [0.5, 0.6) is 0 Å². The van der Waals surface area contributed by atoms with Crippen LogP contribution in [0.2, 0.25) is 0 Å². The molecule has 0 saturated heterocycles. The van der Waals surface area contributed by atoms with Gasteiger partial charge in [-0.1, -0.05) is 6.07 Å². The van der Waals surface area contributed by atoms with Crippen molar-refractivity contribution in [3.05, 3.63) is 47.5 Å². The number of pyridine rings is 1. The number of benzene rings is 1. The van der Waals surface area contributed by atoms with Gasteiger partial charge >= 0.3 is 6.09 Å². The summed E-state index contributed by atoms with van der Waals surface area (Å²) >= 11 is 1.32. The van der Waals surface area contributed by atoms with Gasteiger partial charge in [-0.2, -0.15) is 0 Å². The molecular formula is C15H15F2N3O2S. The van der Waals surface area contributed by atoms with Crippen molar-refractivity contribution >= 4 is 29.4 Å². The van der Waals surface area contributed by atoms with Crippen LogP contribution in [-0.2, 0) is 10.5 Å². The summed E-state index contributed by atoms with van der Waals surface area (Å²) in [6.07, 6.45) is -0.608. The Kier molecular flexibility index (Phi) is 5.75. The molecule has 0 bridgehead atoms. The number of rotatable bonds is 5. The number of nitrogen functional groups attached to an aromatic ring is 1. The standard InChI is InChI=1S/C15H15F2N3O2S/c1-2-22-15(21)19-12-5-6-13(20-14(12)18)23-8-9-3-4-10(16)11(17)7-9/h3-7H,2,8H2,1H3,(H2,18,20)(H,19,21). The molecule has 122 valence electrons. The third-order valence-electron chi connectivity index (χ3n) is 2.78. The average Bonchev–Trinajstić information content (AvgIpc) is 2.51. The fourth-order valence-electron chi connectivity index (χ4n) is 1.71. The van der Waals surface area contributed by atoms with E-state index < -0.39 is 17.7 Å². The maximum Gasteiger partial charge on any atom is 0.411 e. The lowest BCUT2D eigenvalue weighted by Crippen LogP contribution is -2.15. The van der Waals surface area contributed by atoms with Crippen molar-refractivity contribution in [2.45, 2.75) is 17.7 Å². The number of thioether (sulfide) groups is 1. The molecule has 23 heavy (non-hydrogen) atoms. The molecule has 0 fully saturated rings. The zero-order valence-corrected chi connectivity index (χ0v) is 13.1. The molecule has 0 atom stereocenters. The minimum absolute atomic E-state index is 0.147. The second-order valence-corrected chi connectivity index (χ2v) is 5.46. The molecule has 0 unspecified atom stereocenters. The van der Waals surface area contributed by atoms with Crippen molar-refractivity contribution in [3.8, 4) is 0 Å². The van der Waals surface area contributed by atoms with Crippen LogP contribution in [0.25, 0.3) is 0 Å². The molecular weight excluding hydrogens is 324 g/mol. The van der Waals surface area contributed by atoms with Crippen LogP contribution in [0.1, 0.15) is 12.5 Å². The molecule has 1 aromatic carbocycles. The monoisotopic (exact) mass is 339 g/mol. The Hall–Kier alpha value is -2.35. The number of anilines is 2. The molecule has 3 N–H and O–H groups in total. The summed E-state index contributed by atoms with van der Waals surface area (Å²) in [5, 5.41) is 3.08. The molecule has 0 aliphatic rings. The zero-order chi connectivity index (χ0) is 16.8. The number of carbonyl (C=O) groups is 1. The van der Waals surface area contributed by atoms with Gasteiger partial charge < -0.3 is 10.5 Å².